The number of rotatable bonds is 2. The zero-order chi connectivity index (χ0) is 13.2. The van der Waals surface area contributed by atoms with Gasteiger partial charge >= 0.3 is 0 Å². The van der Waals surface area contributed by atoms with E-state index in [1.807, 2.05) is 25.2 Å². The Hall–Kier alpha value is -1.75. The zero-order valence-corrected chi connectivity index (χ0v) is 11.1. The van der Waals surface area contributed by atoms with Crippen LogP contribution in [0.15, 0.2) is 18.2 Å². The van der Waals surface area contributed by atoms with Gasteiger partial charge in [-0.15, -0.1) is 0 Å². The van der Waals surface area contributed by atoms with Gasteiger partial charge in [-0.2, -0.15) is 0 Å². The van der Waals surface area contributed by atoms with Crippen molar-refractivity contribution in [2.24, 2.45) is 0 Å². The number of nitrogens with one attached hydrogen (secondary N) is 2. The molecular weight excluding hydrogens is 242 g/mol. The van der Waals surface area contributed by atoms with Gasteiger partial charge in [0.15, 0.2) is 0 Å². The van der Waals surface area contributed by atoms with Crippen molar-refractivity contribution >= 4 is 17.3 Å². The highest BCUT2D eigenvalue weighted by Crippen LogP contribution is 2.33. The van der Waals surface area contributed by atoms with E-state index in [4.69, 9.17) is 4.74 Å². The third-order valence-electron chi connectivity index (χ3n) is 3.70. The molecule has 1 amide bonds. The molecule has 0 bridgehead atoms. The van der Waals surface area contributed by atoms with Crippen LogP contribution in [0.3, 0.4) is 0 Å². The summed E-state index contributed by atoms with van der Waals surface area (Å²) in [6.45, 7) is 2.51. The Kier molecular flexibility index (Phi) is 3.29. The average molecular weight is 261 g/mol. The van der Waals surface area contributed by atoms with Gasteiger partial charge < -0.3 is 20.3 Å². The first kappa shape index (κ1) is 12.3. The number of hydrogen-bond acceptors (Lipinski definition) is 4. The predicted molar refractivity (Wildman–Crippen MR) is 74.9 cm³/mol. The number of carbonyl (C=O) groups excluding carboxylic acids is 1. The number of likely N-dealkylation sites (N-methyl/N-ethyl adjacent to an activating group) is 1. The van der Waals surface area contributed by atoms with Gasteiger partial charge in [-0.3, -0.25) is 4.79 Å². The Bertz CT molecular complexity index is 484. The molecule has 1 aromatic carbocycles. The molecule has 3 rings (SSSR count). The Balaban J connectivity index is 1.74. The molecule has 102 valence electrons. The molecule has 1 saturated heterocycles. The van der Waals surface area contributed by atoms with Crippen LogP contribution in [0.1, 0.15) is 12.8 Å². The number of hydrogen-bond donors (Lipinski definition) is 2. The van der Waals surface area contributed by atoms with Crippen LogP contribution in [0.5, 0.6) is 5.75 Å². The maximum Gasteiger partial charge on any atom is 0.241 e. The molecule has 1 aromatic rings. The second kappa shape index (κ2) is 5.09. The van der Waals surface area contributed by atoms with Crippen molar-refractivity contribution in [1.29, 1.82) is 0 Å². The molecule has 2 aliphatic rings. The van der Waals surface area contributed by atoms with Gasteiger partial charge in [0.25, 0.3) is 0 Å². The van der Waals surface area contributed by atoms with E-state index >= 15 is 0 Å². The number of carbonyl (C=O) groups is 1. The van der Waals surface area contributed by atoms with Crippen LogP contribution in [0, 0.1) is 0 Å². The molecule has 5 heteroatoms. The highest BCUT2D eigenvalue weighted by Gasteiger charge is 2.22. The lowest BCUT2D eigenvalue weighted by atomic mass is 10.2. The Labute approximate surface area is 112 Å². The summed E-state index contributed by atoms with van der Waals surface area (Å²) in [7, 11) is 2.03. The Morgan fingerprint density at radius 3 is 3.21 bits per heavy atom. The number of benzene rings is 1. The summed E-state index contributed by atoms with van der Waals surface area (Å²) in [6, 6.07) is 5.74. The summed E-state index contributed by atoms with van der Waals surface area (Å²) in [6.07, 6.45) is 1.98. The summed E-state index contributed by atoms with van der Waals surface area (Å²) in [5.74, 6) is 0.933. The van der Waals surface area contributed by atoms with Crippen LogP contribution in [0.2, 0.25) is 0 Å². The van der Waals surface area contributed by atoms with Gasteiger partial charge in [0.1, 0.15) is 12.4 Å². The largest absolute Gasteiger partial charge is 0.490 e. The van der Waals surface area contributed by atoms with Crippen molar-refractivity contribution < 1.29 is 9.53 Å². The van der Waals surface area contributed by atoms with E-state index < -0.39 is 0 Å². The standard InChI is InChI=1S/C14H19N3O2/c1-17-7-8-19-13-5-4-10(9-12(13)17)16-14(18)11-3-2-6-15-11/h4-5,9,11,15H,2-3,6-8H2,1H3,(H,16,18). The number of fused-ring (bicyclic) bond motifs is 1. The highest BCUT2D eigenvalue weighted by molar-refractivity contribution is 5.95. The van der Waals surface area contributed by atoms with Crippen molar-refractivity contribution in [3.8, 4) is 5.75 Å². The first-order valence-corrected chi connectivity index (χ1v) is 6.76. The summed E-state index contributed by atoms with van der Waals surface area (Å²) in [5, 5.41) is 6.17. The molecule has 1 atom stereocenters. The molecule has 0 radical (unpaired) electrons. The minimum absolute atomic E-state index is 0.0509. The van der Waals surface area contributed by atoms with Crippen LogP contribution in [0.25, 0.3) is 0 Å². The molecule has 0 aliphatic carbocycles. The van der Waals surface area contributed by atoms with Crippen molar-refractivity contribution in [3.63, 3.8) is 0 Å². The van der Waals surface area contributed by atoms with E-state index in [2.05, 4.69) is 15.5 Å². The maximum atomic E-state index is 12.0. The van der Waals surface area contributed by atoms with E-state index in [9.17, 15) is 4.79 Å². The minimum Gasteiger partial charge on any atom is -0.490 e. The van der Waals surface area contributed by atoms with Crippen LogP contribution in [0.4, 0.5) is 11.4 Å². The maximum absolute atomic E-state index is 12.0. The smallest absolute Gasteiger partial charge is 0.241 e. The van der Waals surface area contributed by atoms with E-state index in [0.29, 0.717) is 6.61 Å². The van der Waals surface area contributed by atoms with E-state index in [-0.39, 0.29) is 11.9 Å². The summed E-state index contributed by atoms with van der Waals surface area (Å²) < 4.78 is 5.59. The lowest BCUT2D eigenvalue weighted by molar-refractivity contribution is -0.117. The monoisotopic (exact) mass is 261 g/mol. The van der Waals surface area contributed by atoms with Crippen molar-refractivity contribution in [1.82, 2.24) is 5.32 Å². The number of amides is 1. The zero-order valence-electron chi connectivity index (χ0n) is 11.1. The first-order chi connectivity index (χ1) is 9.24. The summed E-state index contributed by atoms with van der Waals surface area (Å²) >= 11 is 0. The SMILES string of the molecule is CN1CCOc2ccc(NC(=O)C3CCCN3)cc21. The molecule has 0 aromatic heterocycles. The Morgan fingerprint density at radius 2 is 2.42 bits per heavy atom. The number of nitrogens with zero attached hydrogens (tertiary/aromatic N) is 1. The van der Waals surface area contributed by atoms with Crippen LogP contribution < -0.4 is 20.3 Å². The topological polar surface area (TPSA) is 53.6 Å². The van der Waals surface area contributed by atoms with Gasteiger partial charge in [-0.05, 0) is 37.6 Å². The second-order valence-electron chi connectivity index (χ2n) is 5.09. The van der Waals surface area contributed by atoms with Crippen molar-refractivity contribution in [2.45, 2.75) is 18.9 Å². The van der Waals surface area contributed by atoms with Gasteiger partial charge in [0, 0.05) is 12.7 Å². The van der Waals surface area contributed by atoms with Gasteiger partial charge in [0.05, 0.1) is 18.3 Å². The lowest BCUT2D eigenvalue weighted by Crippen LogP contribution is -2.35. The molecule has 5 nitrogen and oxygen atoms in total. The Morgan fingerprint density at radius 1 is 1.53 bits per heavy atom. The minimum atomic E-state index is -0.0509. The molecular formula is C14H19N3O2. The van der Waals surface area contributed by atoms with E-state index in [0.717, 1.165) is 43.1 Å². The fraction of sp³-hybridized carbons (Fsp3) is 0.500. The quantitative estimate of drug-likeness (QED) is 0.840. The third-order valence-corrected chi connectivity index (χ3v) is 3.70. The molecule has 19 heavy (non-hydrogen) atoms. The van der Waals surface area contributed by atoms with Crippen LogP contribution >= 0.6 is 0 Å². The third kappa shape index (κ3) is 2.51. The van der Waals surface area contributed by atoms with Gasteiger partial charge in [-0.1, -0.05) is 0 Å². The molecule has 2 aliphatic heterocycles. The van der Waals surface area contributed by atoms with E-state index in [1.165, 1.54) is 0 Å². The van der Waals surface area contributed by atoms with Crippen molar-refractivity contribution in [2.75, 3.05) is 37.0 Å². The molecule has 2 N–H and O–H groups in total. The fourth-order valence-electron chi connectivity index (χ4n) is 2.57. The number of anilines is 2. The summed E-state index contributed by atoms with van der Waals surface area (Å²) in [5.41, 5.74) is 1.86. The molecule has 1 unspecified atom stereocenters. The van der Waals surface area contributed by atoms with Gasteiger partial charge in [0.2, 0.25) is 5.91 Å². The summed E-state index contributed by atoms with van der Waals surface area (Å²) in [4.78, 5) is 14.2. The molecule has 0 spiro atoms. The molecule has 2 heterocycles. The molecule has 0 saturated carbocycles. The number of ether oxygens (including phenoxy) is 1. The first-order valence-electron chi connectivity index (χ1n) is 6.76. The molecule has 1 fully saturated rings. The van der Waals surface area contributed by atoms with Crippen molar-refractivity contribution in [3.05, 3.63) is 18.2 Å². The van der Waals surface area contributed by atoms with Crippen LogP contribution in [-0.2, 0) is 4.79 Å². The fourth-order valence-corrected chi connectivity index (χ4v) is 2.57. The second-order valence-corrected chi connectivity index (χ2v) is 5.09. The van der Waals surface area contributed by atoms with Crippen LogP contribution in [-0.4, -0.2) is 38.7 Å². The van der Waals surface area contributed by atoms with Gasteiger partial charge in [-0.25, -0.2) is 0 Å². The predicted octanol–water partition coefficient (Wildman–Crippen LogP) is 1.21. The average Bonchev–Trinajstić information content (AvgIpc) is 2.94. The lowest BCUT2D eigenvalue weighted by Gasteiger charge is -2.28. The van der Waals surface area contributed by atoms with E-state index in [1.54, 1.807) is 0 Å². The normalized spacial score (nSPS) is 21.7. The highest BCUT2D eigenvalue weighted by atomic mass is 16.5.